The summed E-state index contributed by atoms with van der Waals surface area (Å²) in [6.07, 6.45) is 0.234. The van der Waals surface area contributed by atoms with Gasteiger partial charge < -0.3 is 14.8 Å². The molecule has 0 saturated carbocycles. The van der Waals surface area contributed by atoms with Crippen LogP contribution in [0.2, 0.25) is 0 Å². The number of nitro groups is 3. The average Bonchev–Trinajstić information content (AvgIpc) is 3.02. The maximum atomic E-state index is 12.8. The van der Waals surface area contributed by atoms with Crippen LogP contribution in [0, 0.1) is 30.3 Å². The summed E-state index contributed by atoms with van der Waals surface area (Å²) in [5.41, 5.74) is 0.0933. The zero-order chi connectivity index (χ0) is 31.8. The number of hydrogen-bond donors (Lipinski definition) is 1. The molecule has 0 fully saturated rings. The number of amides is 1. The lowest BCUT2D eigenvalue weighted by molar-refractivity contribution is -0.385. The highest BCUT2D eigenvalue weighted by molar-refractivity contribution is 5.94. The number of non-ortho nitro benzene ring substituents is 3. The standard InChI is InChI=1S/C29H20N4O11/c34-27(19-2-8-22(9-3-19)31(37)38)30-16-15-18-1-14-25(43-28(35)20-4-10-23(11-5-20)32(39)40)26(17-18)44-29(36)21-6-12-24(13-7-21)33(41)42/h1-14,17H,15-16H2,(H,30,34). The summed E-state index contributed by atoms with van der Waals surface area (Å²) in [6.45, 7) is 0.119. The molecular weight excluding hydrogens is 580 g/mol. The van der Waals surface area contributed by atoms with Crippen molar-refractivity contribution in [2.75, 3.05) is 6.54 Å². The molecule has 0 unspecified atom stereocenters. The van der Waals surface area contributed by atoms with Crippen LogP contribution in [0.25, 0.3) is 0 Å². The van der Waals surface area contributed by atoms with Crippen molar-refractivity contribution in [3.05, 3.63) is 144 Å². The van der Waals surface area contributed by atoms with Crippen molar-refractivity contribution in [2.45, 2.75) is 6.42 Å². The van der Waals surface area contributed by atoms with E-state index in [1.807, 2.05) is 0 Å². The Bertz CT molecular complexity index is 1750. The maximum Gasteiger partial charge on any atom is 0.343 e. The van der Waals surface area contributed by atoms with Gasteiger partial charge in [-0.25, -0.2) is 9.59 Å². The van der Waals surface area contributed by atoms with E-state index in [4.69, 9.17) is 9.47 Å². The van der Waals surface area contributed by atoms with E-state index in [2.05, 4.69) is 5.32 Å². The second kappa shape index (κ2) is 13.4. The van der Waals surface area contributed by atoms with E-state index in [1.165, 1.54) is 60.7 Å². The van der Waals surface area contributed by atoms with E-state index in [9.17, 15) is 44.7 Å². The van der Waals surface area contributed by atoms with Crippen molar-refractivity contribution in [3.8, 4) is 11.5 Å². The van der Waals surface area contributed by atoms with Gasteiger partial charge in [-0.3, -0.25) is 35.1 Å². The van der Waals surface area contributed by atoms with E-state index in [0.717, 1.165) is 24.3 Å². The number of hydrogen-bond acceptors (Lipinski definition) is 11. The number of carbonyl (C=O) groups excluding carboxylic acids is 3. The van der Waals surface area contributed by atoms with Crippen molar-refractivity contribution in [2.24, 2.45) is 0 Å². The first-order valence-electron chi connectivity index (χ1n) is 12.6. The minimum atomic E-state index is -0.906. The Morgan fingerprint density at radius 2 is 0.977 bits per heavy atom. The summed E-state index contributed by atoms with van der Waals surface area (Å²) in [5.74, 6) is -2.62. The monoisotopic (exact) mass is 600 g/mol. The van der Waals surface area contributed by atoms with E-state index in [-0.39, 0.29) is 58.2 Å². The lowest BCUT2D eigenvalue weighted by atomic mass is 10.1. The molecule has 4 rings (SSSR count). The topological polar surface area (TPSA) is 211 Å². The number of ether oxygens (including phenoxy) is 2. The molecule has 0 aliphatic carbocycles. The fourth-order valence-corrected chi connectivity index (χ4v) is 3.79. The summed E-state index contributed by atoms with van der Waals surface area (Å²) in [4.78, 5) is 68.8. The van der Waals surface area contributed by atoms with Gasteiger partial charge in [-0.05, 0) is 60.5 Å². The summed E-state index contributed by atoms with van der Waals surface area (Å²) < 4.78 is 10.9. The summed E-state index contributed by atoms with van der Waals surface area (Å²) in [5, 5.41) is 35.3. The van der Waals surface area contributed by atoms with E-state index < -0.39 is 32.6 Å². The molecule has 0 radical (unpaired) electrons. The third-order valence-corrected chi connectivity index (χ3v) is 6.08. The molecule has 0 aromatic heterocycles. The number of nitro benzene ring substituents is 3. The minimum Gasteiger partial charge on any atom is -0.419 e. The molecule has 0 saturated heterocycles. The van der Waals surface area contributed by atoms with Gasteiger partial charge in [0.15, 0.2) is 11.5 Å². The molecule has 1 N–H and O–H groups in total. The van der Waals surface area contributed by atoms with Gasteiger partial charge in [0, 0.05) is 48.5 Å². The first-order valence-corrected chi connectivity index (χ1v) is 12.6. The Morgan fingerprint density at radius 1 is 0.568 bits per heavy atom. The SMILES string of the molecule is O=C(NCCc1ccc(OC(=O)c2ccc([N+](=O)[O-])cc2)c(OC(=O)c2ccc([N+](=O)[O-])cc2)c1)c1ccc([N+](=O)[O-])cc1. The van der Waals surface area contributed by atoms with Gasteiger partial charge in [0.05, 0.1) is 25.9 Å². The number of esters is 2. The van der Waals surface area contributed by atoms with Crippen LogP contribution in [0.4, 0.5) is 17.1 Å². The Morgan fingerprint density at radius 3 is 1.41 bits per heavy atom. The summed E-state index contributed by atoms with van der Waals surface area (Å²) in [6, 6.07) is 18.6. The Kier molecular flexibility index (Phi) is 9.30. The van der Waals surface area contributed by atoms with Crippen molar-refractivity contribution in [1.82, 2.24) is 5.32 Å². The summed E-state index contributed by atoms with van der Waals surface area (Å²) in [7, 11) is 0. The molecular formula is C29H20N4O11. The first kappa shape index (κ1) is 30.4. The molecule has 0 aliphatic rings. The normalized spacial score (nSPS) is 10.4. The van der Waals surface area contributed by atoms with Crippen molar-refractivity contribution in [1.29, 1.82) is 0 Å². The van der Waals surface area contributed by atoms with Gasteiger partial charge in [-0.2, -0.15) is 0 Å². The van der Waals surface area contributed by atoms with Crippen LogP contribution in [-0.4, -0.2) is 39.2 Å². The third-order valence-electron chi connectivity index (χ3n) is 6.08. The fraction of sp³-hybridized carbons (Fsp3) is 0.0690. The van der Waals surface area contributed by atoms with Crippen molar-refractivity contribution < 1.29 is 38.6 Å². The molecule has 0 spiro atoms. The Hall–Kier alpha value is -6.51. The fourth-order valence-electron chi connectivity index (χ4n) is 3.79. The highest BCUT2D eigenvalue weighted by atomic mass is 16.6. The van der Waals surface area contributed by atoms with Crippen molar-refractivity contribution in [3.63, 3.8) is 0 Å². The number of rotatable bonds is 11. The molecule has 15 heteroatoms. The van der Waals surface area contributed by atoms with Gasteiger partial charge in [0.25, 0.3) is 23.0 Å². The second-order valence-corrected chi connectivity index (χ2v) is 8.98. The molecule has 15 nitrogen and oxygen atoms in total. The van der Waals surface area contributed by atoms with E-state index >= 15 is 0 Å². The molecule has 4 aromatic carbocycles. The molecule has 1 amide bonds. The van der Waals surface area contributed by atoms with Crippen LogP contribution >= 0.6 is 0 Å². The highest BCUT2D eigenvalue weighted by Crippen LogP contribution is 2.31. The average molecular weight is 600 g/mol. The molecule has 0 bridgehead atoms. The second-order valence-electron chi connectivity index (χ2n) is 8.98. The van der Waals surface area contributed by atoms with Crippen LogP contribution in [0.1, 0.15) is 36.6 Å². The maximum absolute atomic E-state index is 12.8. The van der Waals surface area contributed by atoms with Crippen molar-refractivity contribution >= 4 is 34.9 Å². The van der Waals surface area contributed by atoms with Gasteiger partial charge in [0.1, 0.15) is 0 Å². The van der Waals surface area contributed by atoms with Crippen LogP contribution < -0.4 is 14.8 Å². The van der Waals surface area contributed by atoms with Gasteiger partial charge >= 0.3 is 11.9 Å². The number of benzene rings is 4. The first-order chi connectivity index (χ1) is 21.0. The Labute approximate surface area is 247 Å². The highest BCUT2D eigenvalue weighted by Gasteiger charge is 2.19. The molecule has 0 atom stereocenters. The number of carbonyl (C=O) groups is 3. The van der Waals surface area contributed by atoms with Crippen LogP contribution in [0.15, 0.2) is 91.0 Å². The quantitative estimate of drug-likeness (QED) is 0.107. The smallest absolute Gasteiger partial charge is 0.343 e. The van der Waals surface area contributed by atoms with E-state index in [0.29, 0.717) is 5.56 Å². The van der Waals surface area contributed by atoms with Gasteiger partial charge in [-0.15, -0.1) is 0 Å². The van der Waals surface area contributed by atoms with E-state index in [1.54, 1.807) is 6.07 Å². The van der Waals surface area contributed by atoms with Gasteiger partial charge in [0.2, 0.25) is 0 Å². The summed E-state index contributed by atoms with van der Waals surface area (Å²) >= 11 is 0. The van der Waals surface area contributed by atoms with Crippen LogP contribution in [-0.2, 0) is 6.42 Å². The molecule has 44 heavy (non-hydrogen) atoms. The third kappa shape index (κ3) is 7.61. The van der Waals surface area contributed by atoms with Crippen LogP contribution in [0.5, 0.6) is 11.5 Å². The minimum absolute atomic E-state index is 0.0127. The van der Waals surface area contributed by atoms with Gasteiger partial charge in [-0.1, -0.05) is 6.07 Å². The zero-order valence-electron chi connectivity index (χ0n) is 22.4. The lowest BCUT2D eigenvalue weighted by Gasteiger charge is -2.13. The molecule has 4 aromatic rings. The largest absolute Gasteiger partial charge is 0.419 e. The molecule has 0 aliphatic heterocycles. The molecule has 0 heterocycles. The predicted octanol–water partition coefficient (Wildman–Crippen LogP) is 4.82. The lowest BCUT2D eigenvalue weighted by Crippen LogP contribution is -2.25. The molecule has 222 valence electrons. The number of nitrogens with zero attached hydrogens (tertiary/aromatic N) is 3. The number of nitrogens with one attached hydrogen (secondary N) is 1. The Balaban J connectivity index is 1.51. The van der Waals surface area contributed by atoms with Crippen LogP contribution in [0.3, 0.4) is 0 Å². The zero-order valence-corrected chi connectivity index (χ0v) is 22.4. The predicted molar refractivity (Wildman–Crippen MR) is 152 cm³/mol.